The van der Waals surface area contributed by atoms with Crippen LogP contribution in [0.4, 0.5) is 0 Å². The highest BCUT2D eigenvalue weighted by Crippen LogP contribution is 2.19. The second-order valence-electron chi connectivity index (χ2n) is 4.36. The van der Waals surface area contributed by atoms with Crippen LogP contribution in [0.1, 0.15) is 22.5 Å². The lowest BCUT2D eigenvalue weighted by atomic mass is 10.4. The zero-order valence-electron chi connectivity index (χ0n) is 10.5. The number of carbonyl (C=O) groups is 2. The van der Waals surface area contributed by atoms with Gasteiger partial charge in [-0.25, -0.2) is 17.9 Å². The summed E-state index contributed by atoms with van der Waals surface area (Å²) in [7, 11) is -3.85. The molecule has 2 N–H and O–H groups in total. The molecule has 1 aliphatic rings. The molecule has 0 saturated carbocycles. The summed E-state index contributed by atoms with van der Waals surface area (Å²) in [4.78, 5) is 23.9. The van der Waals surface area contributed by atoms with Gasteiger partial charge in [-0.3, -0.25) is 4.79 Å². The van der Waals surface area contributed by atoms with Crippen molar-refractivity contribution in [1.29, 1.82) is 0 Å². The van der Waals surface area contributed by atoms with E-state index in [1.54, 1.807) is 4.90 Å². The van der Waals surface area contributed by atoms with E-state index in [2.05, 4.69) is 4.72 Å². The van der Waals surface area contributed by atoms with Gasteiger partial charge in [0.25, 0.3) is 0 Å². The number of carboxylic acid groups (broad SMARTS) is 1. The third-order valence-electron chi connectivity index (χ3n) is 2.97. The average molecular weight is 318 g/mol. The van der Waals surface area contributed by atoms with Crippen molar-refractivity contribution in [3.63, 3.8) is 0 Å². The number of nitrogens with zero attached hydrogens (tertiary/aromatic N) is 1. The number of hydrogen-bond acceptors (Lipinski definition) is 5. The van der Waals surface area contributed by atoms with Crippen LogP contribution < -0.4 is 4.72 Å². The van der Waals surface area contributed by atoms with E-state index < -0.39 is 16.0 Å². The van der Waals surface area contributed by atoms with E-state index in [9.17, 15) is 18.0 Å². The molecule has 0 radical (unpaired) electrons. The Morgan fingerprint density at radius 3 is 2.55 bits per heavy atom. The first kappa shape index (κ1) is 14.9. The summed E-state index contributed by atoms with van der Waals surface area (Å²) in [5.74, 6) is -1.44. The maximum atomic E-state index is 11.9. The molecule has 0 bridgehead atoms. The van der Waals surface area contributed by atoms with E-state index in [4.69, 9.17) is 5.11 Å². The second kappa shape index (κ2) is 5.90. The smallest absolute Gasteiger partial charge is 0.345 e. The monoisotopic (exact) mass is 318 g/mol. The molecule has 20 heavy (non-hydrogen) atoms. The van der Waals surface area contributed by atoms with Gasteiger partial charge in [-0.1, -0.05) is 0 Å². The van der Waals surface area contributed by atoms with Crippen molar-refractivity contribution in [2.45, 2.75) is 17.7 Å². The molecule has 2 heterocycles. The summed E-state index contributed by atoms with van der Waals surface area (Å²) in [6.45, 7) is 1.00. The van der Waals surface area contributed by atoms with Crippen LogP contribution in [-0.2, 0) is 14.8 Å². The largest absolute Gasteiger partial charge is 0.477 e. The van der Waals surface area contributed by atoms with Crippen molar-refractivity contribution in [3.05, 3.63) is 16.3 Å². The molecule has 1 aliphatic heterocycles. The van der Waals surface area contributed by atoms with Gasteiger partial charge in [-0.05, 0) is 18.9 Å². The Labute approximate surface area is 120 Å². The highest BCUT2D eigenvalue weighted by atomic mass is 32.2. The van der Waals surface area contributed by atoms with Gasteiger partial charge in [0.05, 0.1) is 11.4 Å². The number of rotatable bonds is 5. The molecule has 0 aromatic carbocycles. The first-order valence-electron chi connectivity index (χ1n) is 5.99. The molecule has 2 rings (SSSR count). The second-order valence-corrected chi connectivity index (χ2v) is 7.04. The van der Waals surface area contributed by atoms with E-state index in [-0.39, 0.29) is 22.2 Å². The molecule has 1 aromatic rings. The zero-order chi connectivity index (χ0) is 14.8. The molecule has 1 aromatic heterocycles. The molecular weight excluding hydrogens is 304 g/mol. The summed E-state index contributed by atoms with van der Waals surface area (Å²) in [5, 5.41) is 10.0. The van der Waals surface area contributed by atoms with Gasteiger partial charge in [0.1, 0.15) is 4.88 Å². The minimum absolute atomic E-state index is 0.0590. The Kier molecular flexibility index (Phi) is 4.41. The predicted molar refractivity (Wildman–Crippen MR) is 72.3 cm³/mol. The number of carbonyl (C=O) groups excluding carboxylic acids is 1. The van der Waals surface area contributed by atoms with Crippen LogP contribution in [0, 0.1) is 0 Å². The van der Waals surface area contributed by atoms with Crippen molar-refractivity contribution in [3.8, 4) is 0 Å². The Balaban J connectivity index is 1.99. The van der Waals surface area contributed by atoms with Crippen LogP contribution >= 0.6 is 11.3 Å². The number of nitrogens with one attached hydrogen (secondary N) is 1. The van der Waals surface area contributed by atoms with Gasteiger partial charge >= 0.3 is 5.97 Å². The summed E-state index contributed by atoms with van der Waals surface area (Å²) >= 11 is 0.830. The lowest BCUT2D eigenvalue weighted by Gasteiger charge is -2.15. The summed E-state index contributed by atoms with van der Waals surface area (Å²) in [5.41, 5.74) is 0. The number of sulfonamides is 1. The van der Waals surface area contributed by atoms with E-state index in [1.807, 2.05) is 0 Å². The third-order valence-corrected chi connectivity index (χ3v) is 5.42. The molecule has 1 amide bonds. The summed E-state index contributed by atoms with van der Waals surface area (Å²) in [6.07, 6.45) is 1.87. The minimum Gasteiger partial charge on any atom is -0.477 e. The molecule has 110 valence electrons. The number of thiophene rings is 1. The average Bonchev–Trinajstić information content (AvgIpc) is 3.06. The van der Waals surface area contributed by atoms with Crippen LogP contribution in [0.3, 0.4) is 0 Å². The fraction of sp³-hybridized carbons (Fsp3) is 0.455. The summed E-state index contributed by atoms with van der Waals surface area (Å²) < 4.78 is 26.0. The van der Waals surface area contributed by atoms with Gasteiger partial charge in [0.2, 0.25) is 15.9 Å². The lowest BCUT2D eigenvalue weighted by molar-refractivity contribution is -0.128. The van der Waals surface area contributed by atoms with Crippen molar-refractivity contribution < 1.29 is 23.1 Å². The fourth-order valence-electron chi connectivity index (χ4n) is 1.89. The summed E-state index contributed by atoms with van der Waals surface area (Å²) in [6, 6.07) is 1.08. The van der Waals surface area contributed by atoms with Crippen molar-refractivity contribution in [1.82, 2.24) is 9.62 Å². The number of aromatic carboxylic acids is 1. The minimum atomic E-state index is -3.85. The fourth-order valence-corrected chi connectivity index (χ4v) is 3.98. The van der Waals surface area contributed by atoms with Crippen LogP contribution in [0.2, 0.25) is 0 Å². The molecule has 0 unspecified atom stereocenters. The maximum Gasteiger partial charge on any atom is 0.345 e. The number of carboxylic acids is 1. The Bertz CT molecular complexity index is 617. The van der Waals surface area contributed by atoms with Crippen LogP contribution in [0.5, 0.6) is 0 Å². The molecule has 0 spiro atoms. The van der Waals surface area contributed by atoms with E-state index >= 15 is 0 Å². The Hall–Kier alpha value is -1.45. The first-order chi connectivity index (χ1) is 9.40. The Morgan fingerprint density at radius 1 is 1.35 bits per heavy atom. The zero-order valence-corrected chi connectivity index (χ0v) is 12.2. The third kappa shape index (κ3) is 3.35. The first-order valence-corrected chi connectivity index (χ1v) is 8.36. The van der Waals surface area contributed by atoms with E-state index in [0.717, 1.165) is 30.2 Å². The topological polar surface area (TPSA) is 104 Å². The van der Waals surface area contributed by atoms with Crippen LogP contribution in [0.15, 0.2) is 16.3 Å². The normalized spacial score (nSPS) is 15.5. The van der Waals surface area contributed by atoms with Gasteiger partial charge in [0.15, 0.2) is 0 Å². The Morgan fingerprint density at radius 2 is 2.00 bits per heavy atom. The van der Waals surface area contributed by atoms with E-state index in [1.165, 1.54) is 5.38 Å². The predicted octanol–water partition coefficient (Wildman–Crippen LogP) is 0.347. The van der Waals surface area contributed by atoms with Crippen molar-refractivity contribution >= 4 is 33.2 Å². The molecule has 0 atom stereocenters. The standard InChI is InChI=1S/C11H14N2O5S2/c14-10(13-3-1-2-4-13)6-12-20(17,18)8-5-9(11(15)16)19-7-8/h5,7,12H,1-4,6H2,(H,15,16). The van der Waals surface area contributed by atoms with Crippen LogP contribution in [-0.4, -0.2) is 49.9 Å². The van der Waals surface area contributed by atoms with Gasteiger partial charge in [0, 0.05) is 18.5 Å². The van der Waals surface area contributed by atoms with Crippen LogP contribution in [0.25, 0.3) is 0 Å². The highest BCUT2D eigenvalue weighted by Gasteiger charge is 2.22. The van der Waals surface area contributed by atoms with Crippen molar-refractivity contribution in [2.75, 3.05) is 19.6 Å². The number of amides is 1. The SMILES string of the molecule is O=C(O)c1cc(S(=O)(=O)NCC(=O)N2CCCC2)cs1. The van der Waals surface area contributed by atoms with Gasteiger partial charge in [-0.15, -0.1) is 11.3 Å². The van der Waals surface area contributed by atoms with Crippen molar-refractivity contribution in [2.24, 2.45) is 0 Å². The quantitative estimate of drug-likeness (QED) is 0.815. The molecule has 0 aliphatic carbocycles. The molecule has 1 saturated heterocycles. The molecular formula is C11H14N2O5S2. The molecule has 1 fully saturated rings. The molecule has 9 heteroatoms. The lowest BCUT2D eigenvalue weighted by Crippen LogP contribution is -2.38. The van der Waals surface area contributed by atoms with Gasteiger partial charge < -0.3 is 10.0 Å². The molecule has 7 nitrogen and oxygen atoms in total. The number of likely N-dealkylation sites (tertiary alicyclic amines) is 1. The number of hydrogen-bond donors (Lipinski definition) is 2. The maximum absolute atomic E-state index is 11.9. The van der Waals surface area contributed by atoms with Gasteiger partial charge in [-0.2, -0.15) is 0 Å². The van der Waals surface area contributed by atoms with E-state index in [0.29, 0.717) is 13.1 Å². The highest BCUT2D eigenvalue weighted by molar-refractivity contribution is 7.89.